The molecular weight excluding hydrogens is 380 g/mol. The predicted molar refractivity (Wildman–Crippen MR) is 113 cm³/mol. The van der Waals surface area contributed by atoms with Crippen LogP contribution in [-0.4, -0.2) is 18.9 Å². The lowest BCUT2D eigenvalue weighted by atomic mass is 10.0. The topological polar surface area (TPSA) is 61.8 Å². The molecule has 150 valence electrons. The zero-order valence-corrected chi connectivity index (χ0v) is 16.7. The molecule has 0 saturated heterocycles. The van der Waals surface area contributed by atoms with Crippen molar-refractivity contribution in [3.8, 4) is 17.2 Å². The maximum atomic E-state index is 12.8. The van der Waals surface area contributed by atoms with Crippen LogP contribution in [0, 0.1) is 6.92 Å². The van der Waals surface area contributed by atoms with E-state index in [0.29, 0.717) is 22.6 Å². The molecule has 0 aromatic heterocycles. The van der Waals surface area contributed by atoms with E-state index in [0.717, 1.165) is 16.9 Å². The Morgan fingerprint density at radius 1 is 1.00 bits per heavy atom. The Balaban J connectivity index is 1.53. The van der Waals surface area contributed by atoms with Crippen LogP contribution in [0.5, 0.6) is 17.2 Å². The average Bonchev–Trinajstić information content (AvgIpc) is 3.04. The van der Waals surface area contributed by atoms with Crippen LogP contribution in [0.4, 0.5) is 0 Å². The number of hydrogen-bond acceptors (Lipinski definition) is 5. The summed E-state index contributed by atoms with van der Waals surface area (Å²) in [7, 11) is 1.60. The van der Waals surface area contributed by atoms with Gasteiger partial charge in [0.05, 0.1) is 19.1 Å². The number of ketones is 1. The number of benzene rings is 3. The van der Waals surface area contributed by atoms with Gasteiger partial charge < -0.3 is 14.2 Å². The van der Waals surface area contributed by atoms with E-state index < -0.39 is 0 Å². The predicted octanol–water partition coefficient (Wildman–Crippen LogP) is 4.77. The number of fused-ring (bicyclic) bond motifs is 1. The summed E-state index contributed by atoms with van der Waals surface area (Å²) in [6.45, 7) is 1.80. The van der Waals surface area contributed by atoms with Gasteiger partial charge in [-0.15, -0.1) is 0 Å². The van der Waals surface area contributed by atoms with Crippen LogP contribution >= 0.6 is 0 Å². The summed E-state index contributed by atoms with van der Waals surface area (Å²) in [6.07, 6.45) is 1.85. The van der Waals surface area contributed by atoms with E-state index in [1.165, 1.54) is 0 Å². The van der Waals surface area contributed by atoms with Crippen LogP contribution in [0.15, 0.2) is 72.5 Å². The van der Waals surface area contributed by atoms with Gasteiger partial charge in [-0.1, -0.05) is 42.5 Å². The number of aryl methyl sites for hydroxylation is 1. The minimum absolute atomic E-state index is 0.166. The maximum Gasteiger partial charge on any atom is 0.315 e. The molecule has 30 heavy (non-hydrogen) atoms. The molecule has 3 aromatic carbocycles. The van der Waals surface area contributed by atoms with E-state index in [1.54, 1.807) is 32.2 Å². The molecule has 0 unspecified atom stereocenters. The lowest BCUT2D eigenvalue weighted by Crippen LogP contribution is -2.11. The molecule has 3 aromatic rings. The summed E-state index contributed by atoms with van der Waals surface area (Å²) in [5.74, 6) is 1.13. The summed E-state index contributed by atoms with van der Waals surface area (Å²) in [5, 5.41) is 0. The molecule has 1 heterocycles. The Morgan fingerprint density at radius 2 is 1.73 bits per heavy atom. The van der Waals surface area contributed by atoms with Crippen LogP contribution in [0.25, 0.3) is 6.08 Å². The molecule has 1 aliphatic rings. The summed E-state index contributed by atoms with van der Waals surface area (Å²) in [5.41, 5.74) is 2.87. The van der Waals surface area contributed by atoms with E-state index in [1.807, 2.05) is 54.6 Å². The smallest absolute Gasteiger partial charge is 0.315 e. The molecule has 0 N–H and O–H groups in total. The van der Waals surface area contributed by atoms with Gasteiger partial charge in [-0.2, -0.15) is 0 Å². The summed E-state index contributed by atoms with van der Waals surface area (Å²) < 4.78 is 16.4. The van der Waals surface area contributed by atoms with Crippen molar-refractivity contribution < 1.29 is 23.8 Å². The molecule has 0 bridgehead atoms. The van der Waals surface area contributed by atoms with Crippen molar-refractivity contribution in [1.82, 2.24) is 0 Å². The number of esters is 1. The van der Waals surface area contributed by atoms with Crippen molar-refractivity contribution in [3.05, 3.63) is 94.7 Å². The third-order valence-electron chi connectivity index (χ3n) is 4.78. The SMILES string of the molecule is COc1ccc(/C=C2\Oc3cc(OC(=O)Cc4ccccc4)cc(C)c3C2=O)cc1. The minimum atomic E-state index is -0.376. The number of methoxy groups -OCH3 is 1. The number of hydrogen-bond donors (Lipinski definition) is 0. The Kier molecular flexibility index (Phi) is 5.35. The fourth-order valence-electron chi connectivity index (χ4n) is 3.32. The Bertz CT molecular complexity index is 1130. The maximum absolute atomic E-state index is 12.8. The summed E-state index contributed by atoms with van der Waals surface area (Å²) in [4.78, 5) is 25.1. The largest absolute Gasteiger partial charge is 0.497 e. The molecule has 0 radical (unpaired) electrons. The van der Waals surface area contributed by atoms with Crippen molar-refractivity contribution >= 4 is 17.8 Å². The number of carbonyl (C=O) groups excluding carboxylic acids is 2. The first-order valence-electron chi connectivity index (χ1n) is 9.51. The van der Waals surface area contributed by atoms with Crippen molar-refractivity contribution in [3.63, 3.8) is 0 Å². The second kappa shape index (κ2) is 8.25. The molecule has 0 amide bonds. The molecular formula is C25H20O5. The highest BCUT2D eigenvalue weighted by atomic mass is 16.5. The number of Topliss-reactive ketones (excluding diaryl/α,β-unsaturated/α-hetero) is 1. The van der Waals surface area contributed by atoms with E-state index in [9.17, 15) is 9.59 Å². The third kappa shape index (κ3) is 4.10. The van der Waals surface area contributed by atoms with Gasteiger partial charge in [0.2, 0.25) is 5.78 Å². The standard InChI is InChI=1S/C25H20O5/c1-16-12-20(29-23(26)14-17-6-4-3-5-7-17)15-21-24(16)25(27)22(30-21)13-18-8-10-19(28-2)11-9-18/h3-13,15H,14H2,1-2H3/b22-13-. The number of allylic oxidation sites excluding steroid dienone is 1. The fourth-order valence-corrected chi connectivity index (χ4v) is 3.32. The number of carbonyl (C=O) groups is 2. The first kappa shape index (κ1) is 19.5. The number of rotatable bonds is 5. The van der Waals surface area contributed by atoms with Gasteiger partial charge in [-0.05, 0) is 47.9 Å². The van der Waals surface area contributed by atoms with Gasteiger partial charge in [0, 0.05) is 6.07 Å². The molecule has 0 aliphatic carbocycles. The van der Waals surface area contributed by atoms with Gasteiger partial charge in [0.15, 0.2) is 5.76 Å². The molecule has 1 aliphatic heterocycles. The zero-order valence-electron chi connectivity index (χ0n) is 16.7. The zero-order chi connectivity index (χ0) is 21.1. The van der Waals surface area contributed by atoms with Crippen LogP contribution < -0.4 is 14.2 Å². The highest BCUT2D eigenvalue weighted by molar-refractivity contribution is 6.15. The summed E-state index contributed by atoms with van der Waals surface area (Å²) in [6, 6.07) is 20.0. The lowest BCUT2D eigenvalue weighted by molar-refractivity contribution is -0.133. The fraction of sp³-hybridized carbons (Fsp3) is 0.120. The number of ether oxygens (including phenoxy) is 3. The molecule has 5 heteroatoms. The highest BCUT2D eigenvalue weighted by Crippen LogP contribution is 2.37. The molecule has 0 spiro atoms. The van der Waals surface area contributed by atoms with E-state index in [-0.39, 0.29) is 23.9 Å². The van der Waals surface area contributed by atoms with Crippen LogP contribution in [0.3, 0.4) is 0 Å². The monoisotopic (exact) mass is 400 g/mol. The average molecular weight is 400 g/mol. The highest BCUT2D eigenvalue weighted by Gasteiger charge is 2.30. The van der Waals surface area contributed by atoms with Crippen LogP contribution in [0.2, 0.25) is 0 Å². The second-order valence-electron chi connectivity index (χ2n) is 6.96. The van der Waals surface area contributed by atoms with Gasteiger partial charge in [-0.25, -0.2) is 0 Å². The van der Waals surface area contributed by atoms with Crippen molar-refractivity contribution in [2.75, 3.05) is 7.11 Å². The Morgan fingerprint density at radius 3 is 2.43 bits per heavy atom. The Hall–Kier alpha value is -3.86. The molecule has 5 nitrogen and oxygen atoms in total. The quantitative estimate of drug-likeness (QED) is 0.351. The lowest BCUT2D eigenvalue weighted by Gasteiger charge is -2.08. The first-order chi connectivity index (χ1) is 14.5. The molecule has 0 atom stereocenters. The van der Waals surface area contributed by atoms with Crippen molar-refractivity contribution in [1.29, 1.82) is 0 Å². The van der Waals surface area contributed by atoms with E-state index in [2.05, 4.69) is 0 Å². The third-order valence-corrected chi connectivity index (χ3v) is 4.78. The van der Waals surface area contributed by atoms with Gasteiger partial charge >= 0.3 is 5.97 Å². The minimum Gasteiger partial charge on any atom is -0.497 e. The van der Waals surface area contributed by atoms with Crippen molar-refractivity contribution in [2.45, 2.75) is 13.3 Å². The summed E-state index contributed by atoms with van der Waals surface area (Å²) >= 11 is 0. The van der Waals surface area contributed by atoms with E-state index in [4.69, 9.17) is 14.2 Å². The van der Waals surface area contributed by atoms with E-state index >= 15 is 0 Å². The second-order valence-corrected chi connectivity index (χ2v) is 6.96. The van der Waals surface area contributed by atoms with Crippen molar-refractivity contribution in [2.24, 2.45) is 0 Å². The molecule has 4 rings (SSSR count). The van der Waals surface area contributed by atoms with Gasteiger partial charge in [-0.3, -0.25) is 9.59 Å². The van der Waals surface area contributed by atoms with Crippen LogP contribution in [-0.2, 0) is 11.2 Å². The molecule has 0 fully saturated rings. The normalized spacial score (nSPS) is 13.7. The van der Waals surface area contributed by atoms with Gasteiger partial charge in [0.1, 0.15) is 17.2 Å². The Labute approximate surface area is 174 Å². The first-order valence-corrected chi connectivity index (χ1v) is 9.51. The van der Waals surface area contributed by atoms with Crippen LogP contribution in [0.1, 0.15) is 27.0 Å². The molecule has 0 saturated carbocycles. The van der Waals surface area contributed by atoms with Gasteiger partial charge in [0.25, 0.3) is 0 Å².